The molecule has 0 atom stereocenters. The Morgan fingerprint density at radius 3 is 2.25 bits per heavy atom. The average Bonchev–Trinajstić information content (AvgIpc) is 2.61. The number of hydrogen-bond donors (Lipinski definition) is 2. The summed E-state index contributed by atoms with van der Waals surface area (Å²) in [5, 5.41) is 5.20. The molecule has 2 amide bonds. The van der Waals surface area contributed by atoms with Crippen LogP contribution in [0.25, 0.3) is 0 Å². The van der Waals surface area contributed by atoms with E-state index in [1.54, 1.807) is 24.3 Å². The van der Waals surface area contributed by atoms with E-state index in [0.29, 0.717) is 5.69 Å². The lowest BCUT2D eigenvalue weighted by atomic mass is 9.92. The third-order valence-electron chi connectivity index (χ3n) is 3.59. The molecule has 0 aliphatic rings. The van der Waals surface area contributed by atoms with E-state index in [1.165, 1.54) is 24.3 Å². The maximum absolute atomic E-state index is 13.0. The number of benzene rings is 2. The van der Waals surface area contributed by atoms with E-state index in [1.807, 2.05) is 20.8 Å². The molecular weight excluding hydrogens is 363 g/mol. The normalized spacial score (nSPS) is 10.9. The van der Waals surface area contributed by atoms with Crippen molar-refractivity contribution in [2.45, 2.75) is 27.2 Å². The lowest BCUT2D eigenvalue weighted by Crippen LogP contribution is -2.24. The first-order valence-corrected chi connectivity index (χ1v) is 8.75. The molecule has 0 aliphatic heterocycles. The Morgan fingerprint density at radius 1 is 0.964 bits per heavy atom. The molecule has 7 heteroatoms. The maximum atomic E-state index is 13.0. The molecule has 0 spiro atoms. The van der Waals surface area contributed by atoms with Gasteiger partial charge in [0.25, 0.3) is 11.8 Å². The Kier molecular flexibility index (Phi) is 6.87. The van der Waals surface area contributed by atoms with Crippen LogP contribution in [0.2, 0.25) is 0 Å². The van der Waals surface area contributed by atoms with Gasteiger partial charge in [-0.15, -0.1) is 0 Å². The largest absolute Gasteiger partial charge is 0.456 e. The van der Waals surface area contributed by atoms with Gasteiger partial charge in [-0.25, -0.2) is 4.39 Å². The molecule has 0 aromatic heterocycles. The molecule has 2 aromatic carbocycles. The van der Waals surface area contributed by atoms with E-state index < -0.39 is 30.2 Å². The molecule has 0 unspecified atom stereocenters. The molecule has 0 saturated carbocycles. The second-order valence-electron chi connectivity index (χ2n) is 7.45. The molecule has 0 aliphatic carbocycles. The number of halogens is 1. The van der Waals surface area contributed by atoms with Crippen molar-refractivity contribution in [3.63, 3.8) is 0 Å². The summed E-state index contributed by atoms with van der Waals surface area (Å²) in [6.45, 7) is 5.24. The van der Waals surface area contributed by atoms with Crippen molar-refractivity contribution in [1.82, 2.24) is 0 Å². The highest BCUT2D eigenvalue weighted by atomic mass is 19.1. The van der Waals surface area contributed by atoms with Gasteiger partial charge in [-0.3, -0.25) is 14.4 Å². The fourth-order valence-electron chi connectivity index (χ4n) is 2.34. The number of nitrogens with one attached hydrogen (secondary N) is 2. The monoisotopic (exact) mass is 386 g/mol. The lowest BCUT2D eigenvalue weighted by Gasteiger charge is -2.16. The topological polar surface area (TPSA) is 84.5 Å². The van der Waals surface area contributed by atoms with E-state index in [-0.39, 0.29) is 23.1 Å². The fraction of sp³-hybridized carbons (Fsp3) is 0.286. The van der Waals surface area contributed by atoms with Crippen LogP contribution in [0.5, 0.6) is 0 Å². The average molecular weight is 386 g/mol. The summed E-state index contributed by atoms with van der Waals surface area (Å²) >= 11 is 0. The molecule has 2 aromatic rings. The minimum Gasteiger partial charge on any atom is -0.456 e. The van der Waals surface area contributed by atoms with E-state index in [0.717, 1.165) is 0 Å². The third kappa shape index (κ3) is 6.83. The molecule has 2 N–H and O–H groups in total. The highest BCUT2D eigenvalue weighted by molar-refractivity contribution is 6.10. The summed E-state index contributed by atoms with van der Waals surface area (Å²) < 4.78 is 18.0. The molecule has 0 heterocycles. The third-order valence-corrected chi connectivity index (χ3v) is 3.59. The Bertz CT molecular complexity index is 857. The predicted molar refractivity (Wildman–Crippen MR) is 104 cm³/mol. The molecular formula is C21H23FN2O4. The predicted octanol–water partition coefficient (Wildman–Crippen LogP) is 4.00. The number of amides is 2. The zero-order chi connectivity index (χ0) is 20.7. The number of ether oxygens (including phenoxy) is 1. The van der Waals surface area contributed by atoms with Crippen molar-refractivity contribution < 1.29 is 23.5 Å². The van der Waals surface area contributed by atoms with Crippen LogP contribution in [-0.4, -0.2) is 24.4 Å². The standard InChI is InChI=1S/C21H23FN2O4/c1-21(2,3)12-19(26)28-13-18(25)24-17-7-5-4-6-16(17)20(27)23-15-10-8-14(22)9-11-15/h4-11H,12-13H2,1-3H3,(H,23,27)(H,24,25). The Labute approximate surface area is 163 Å². The zero-order valence-electron chi connectivity index (χ0n) is 16.0. The Hall–Kier alpha value is -3.22. The smallest absolute Gasteiger partial charge is 0.306 e. The van der Waals surface area contributed by atoms with Crippen molar-refractivity contribution in [1.29, 1.82) is 0 Å². The second-order valence-corrected chi connectivity index (χ2v) is 7.45. The summed E-state index contributed by atoms with van der Waals surface area (Å²) in [7, 11) is 0. The molecule has 148 valence electrons. The molecule has 0 bridgehead atoms. The highest BCUT2D eigenvalue weighted by Gasteiger charge is 2.19. The SMILES string of the molecule is CC(C)(C)CC(=O)OCC(=O)Nc1ccccc1C(=O)Nc1ccc(F)cc1. The summed E-state index contributed by atoms with van der Waals surface area (Å²) in [5.41, 5.74) is 0.683. The summed E-state index contributed by atoms with van der Waals surface area (Å²) in [6.07, 6.45) is 0.191. The molecule has 2 rings (SSSR count). The molecule has 0 saturated heterocycles. The molecule has 6 nitrogen and oxygen atoms in total. The number of para-hydroxylation sites is 1. The zero-order valence-corrected chi connectivity index (χ0v) is 16.0. The minimum absolute atomic E-state index is 0.191. The van der Waals surface area contributed by atoms with Gasteiger partial charge in [0.1, 0.15) is 5.82 Å². The van der Waals surface area contributed by atoms with Crippen LogP contribution in [-0.2, 0) is 14.3 Å². The van der Waals surface area contributed by atoms with Crippen molar-refractivity contribution in [3.05, 3.63) is 59.9 Å². The van der Waals surface area contributed by atoms with E-state index in [9.17, 15) is 18.8 Å². The van der Waals surface area contributed by atoms with Gasteiger partial charge in [-0.05, 0) is 41.8 Å². The van der Waals surface area contributed by atoms with Crippen LogP contribution < -0.4 is 10.6 Å². The van der Waals surface area contributed by atoms with E-state index in [2.05, 4.69) is 10.6 Å². The number of hydrogen-bond acceptors (Lipinski definition) is 4. The summed E-state index contributed by atoms with van der Waals surface area (Å²) in [5.74, 6) is -1.90. The first-order chi connectivity index (χ1) is 13.1. The minimum atomic E-state index is -0.552. The molecule has 28 heavy (non-hydrogen) atoms. The number of esters is 1. The Balaban J connectivity index is 1.99. The fourth-order valence-corrected chi connectivity index (χ4v) is 2.34. The molecule has 0 fully saturated rings. The number of carbonyl (C=O) groups excluding carboxylic acids is 3. The first kappa shape index (κ1) is 21.1. The molecule has 0 radical (unpaired) electrons. The highest BCUT2D eigenvalue weighted by Crippen LogP contribution is 2.20. The van der Waals surface area contributed by atoms with Crippen LogP contribution >= 0.6 is 0 Å². The van der Waals surface area contributed by atoms with Gasteiger partial charge < -0.3 is 15.4 Å². The van der Waals surface area contributed by atoms with Gasteiger partial charge in [-0.1, -0.05) is 32.9 Å². The number of rotatable bonds is 6. The lowest BCUT2D eigenvalue weighted by molar-refractivity contribution is -0.149. The van der Waals surface area contributed by atoms with Crippen LogP contribution in [0.3, 0.4) is 0 Å². The quantitative estimate of drug-likeness (QED) is 0.735. The summed E-state index contributed by atoms with van der Waals surface area (Å²) in [6, 6.07) is 11.7. The van der Waals surface area contributed by atoms with Crippen LogP contribution in [0.4, 0.5) is 15.8 Å². The van der Waals surface area contributed by atoms with Gasteiger partial charge in [0.2, 0.25) is 0 Å². The second kappa shape index (κ2) is 9.12. The van der Waals surface area contributed by atoms with Gasteiger partial charge in [0.15, 0.2) is 6.61 Å². The Morgan fingerprint density at radius 2 is 1.61 bits per heavy atom. The van der Waals surface area contributed by atoms with Crippen LogP contribution in [0.1, 0.15) is 37.6 Å². The van der Waals surface area contributed by atoms with Crippen molar-refractivity contribution in [2.75, 3.05) is 17.2 Å². The van der Waals surface area contributed by atoms with Crippen molar-refractivity contribution >= 4 is 29.2 Å². The van der Waals surface area contributed by atoms with Gasteiger partial charge in [-0.2, -0.15) is 0 Å². The summed E-state index contributed by atoms with van der Waals surface area (Å²) in [4.78, 5) is 36.3. The van der Waals surface area contributed by atoms with Gasteiger partial charge >= 0.3 is 5.97 Å². The number of anilines is 2. The van der Waals surface area contributed by atoms with Crippen molar-refractivity contribution in [3.8, 4) is 0 Å². The van der Waals surface area contributed by atoms with E-state index >= 15 is 0 Å². The van der Waals surface area contributed by atoms with Gasteiger partial charge in [0.05, 0.1) is 17.7 Å². The first-order valence-electron chi connectivity index (χ1n) is 8.75. The maximum Gasteiger partial charge on any atom is 0.306 e. The van der Waals surface area contributed by atoms with Crippen LogP contribution in [0, 0.1) is 11.2 Å². The van der Waals surface area contributed by atoms with E-state index in [4.69, 9.17) is 4.74 Å². The van der Waals surface area contributed by atoms with Crippen molar-refractivity contribution in [2.24, 2.45) is 5.41 Å². The van der Waals surface area contributed by atoms with Crippen LogP contribution in [0.15, 0.2) is 48.5 Å². The number of carbonyl (C=O) groups is 3. The van der Waals surface area contributed by atoms with Gasteiger partial charge in [0, 0.05) is 5.69 Å².